The summed E-state index contributed by atoms with van der Waals surface area (Å²) in [6.45, 7) is 3.30. The van der Waals surface area contributed by atoms with E-state index < -0.39 is 0 Å². The maximum Gasteiger partial charge on any atom is 0.228 e. The molecule has 1 fully saturated rings. The highest BCUT2D eigenvalue weighted by Crippen LogP contribution is 2.17. The van der Waals surface area contributed by atoms with E-state index in [1.807, 2.05) is 40.9 Å². The number of thiazole rings is 1. The van der Waals surface area contributed by atoms with Crippen LogP contribution in [0.4, 0.5) is 5.69 Å². The summed E-state index contributed by atoms with van der Waals surface area (Å²) in [5.74, 6) is 0.179. The fourth-order valence-electron chi connectivity index (χ4n) is 3.47. The third-order valence-electron chi connectivity index (χ3n) is 5.06. The first kappa shape index (κ1) is 18.6. The molecule has 0 radical (unpaired) electrons. The summed E-state index contributed by atoms with van der Waals surface area (Å²) in [6, 6.07) is 14.5. The van der Waals surface area contributed by atoms with Crippen LogP contribution in [0.1, 0.15) is 16.3 Å². The number of carbonyl (C=O) groups excluding carboxylic acids is 1. The van der Waals surface area contributed by atoms with Crippen LogP contribution in [-0.4, -0.2) is 47.0 Å². The van der Waals surface area contributed by atoms with Gasteiger partial charge in [0.15, 0.2) is 0 Å². The van der Waals surface area contributed by atoms with Crippen molar-refractivity contribution in [2.75, 3.05) is 31.1 Å². The number of amides is 1. The summed E-state index contributed by atoms with van der Waals surface area (Å²) in [6.07, 6.45) is 5.89. The van der Waals surface area contributed by atoms with E-state index in [2.05, 4.69) is 39.1 Å². The number of benzene rings is 1. The maximum absolute atomic E-state index is 12.7. The summed E-state index contributed by atoms with van der Waals surface area (Å²) in [4.78, 5) is 25.7. The van der Waals surface area contributed by atoms with Crippen molar-refractivity contribution in [2.24, 2.45) is 0 Å². The van der Waals surface area contributed by atoms with Crippen LogP contribution in [0.5, 0.6) is 0 Å². The van der Waals surface area contributed by atoms with Crippen LogP contribution in [0.2, 0.25) is 0 Å². The molecule has 28 heavy (non-hydrogen) atoms. The fourth-order valence-corrected chi connectivity index (χ4v) is 4.26. The van der Waals surface area contributed by atoms with Crippen molar-refractivity contribution in [1.82, 2.24) is 14.9 Å². The average molecular weight is 393 g/mol. The molecule has 1 aromatic carbocycles. The Morgan fingerprint density at radius 3 is 2.46 bits per heavy atom. The van der Waals surface area contributed by atoms with E-state index in [0.717, 1.165) is 49.7 Å². The molecule has 1 aliphatic heterocycles. The number of pyridine rings is 1. The van der Waals surface area contributed by atoms with E-state index >= 15 is 0 Å². The Balaban J connectivity index is 1.26. The van der Waals surface area contributed by atoms with E-state index in [-0.39, 0.29) is 5.91 Å². The van der Waals surface area contributed by atoms with Crippen molar-refractivity contribution in [3.8, 4) is 0 Å². The second-order valence-electron chi connectivity index (χ2n) is 6.97. The Kier molecular flexibility index (Phi) is 5.97. The number of aromatic nitrogens is 2. The quantitative estimate of drug-likeness (QED) is 0.646. The molecular formula is C22H24N4OS. The molecule has 6 heteroatoms. The molecule has 0 saturated carbocycles. The lowest BCUT2D eigenvalue weighted by atomic mass is 10.1. The van der Waals surface area contributed by atoms with Gasteiger partial charge in [0.05, 0.1) is 17.1 Å². The lowest BCUT2D eigenvalue weighted by Gasteiger charge is -2.36. The lowest BCUT2D eigenvalue weighted by molar-refractivity contribution is -0.130. The summed E-state index contributed by atoms with van der Waals surface area (Å²) in [5, 5.41) is 3.12. The van der Waals surface area contributed by atoms with Crippen LogP contribution in [0.3, 0.4) is 0 Å². The number of rotatable bonds is 6. The standard InChI is InChI=1S/C22H24N4OS/c27-22(26-14-12-25(13-15-26)20-4-2-1-3-5-20)16-19-17-28-21(24-19)7-6-18-8-10-23-11-9-18/h1-5,8-11,17H,6-7,12-16H2. The zero-order valence-electron chi connectivity index (χ0n) is 15.8. The molecule has 0 atom stereocenters. The van der Waals surface area contributed by atoms with Gasteiger partial charge in [0.25, 0.3) is 0 Å². The van der Waals surface area contributed by atoms with E-state index in [0.29, 0.717) is 6.42 Å². The van der Waals surface area contributed by atoms with Crippen LogP contribution < -0.4 is 4.90 Å². The molecule has 4 rings (SSSR count). The molecule has 0 unspecified atom stereocenters. The number of hydrogen-bond donors (Lipinski definition) is 0. The number of para-hydroxylation sites is 1. The SMILES string of the molecule is O=C(Cc1csc(CCc2ccncc2)n1)N1CCN(c2ccccc2)CC1. The van der Waals surface area contributed by atoms with E-state index in [4.69, 9.17) is 0 Å². The summed E-state index contributed by atoms with van der Waals surface area (Å²) < 4.78 is 0. The van der Waals surface area contributed by atoms with Crippen molar-refractivity contribution in [3.63, 3.8) is 0 Å². The molecule has 0 N–H and O–H groups in total. The zero-order chi connectivity index (χ0) is 19.2. The molecule has 3 aromatic rings. The largest absolute Gasteiger partial charge is 0.368 e. The predicted octanol–water partition coefficient (Wildman–Crippen LogP) is 3.21. The number of nitrogens with zero attached hydrogens (tertiary/aromatic N) is 4. The minimum Gasteiger partial charge on any atom is -0.368 e. The molecule has 0 aliphatic carbocycles. The number of piperazine rings is 1. The Bertz CT molecular complexity index is 889. The van der Waals surface area contributed by atoms with E-state index in [9.17, 15) is 4.79 Å². The molecule has 0 bridgehead atoms. The van der Waals surface area contributed by atoms with Crippen LogP contribution in [-0.2, 0) is 24.1 Å². The predicted molar refractivity (Wildman–Crippen MR) is 113 cm³/mol. The van der Waals surface area contributed by atoms with Crippen molar-refractivity contribution in [1.29, 1.82) is 0 Å². The van der Waals surface area contributed by atoms with Gasteiger partial charge < -0.3 is 9.80 Å². The van der Waals surface area contributed by atoms with Crippen molar-refractivity contribution in [2.45, 2.75) is 19.3 Å². The summed E-state index contributed by atoms with van der Waals surface area (Å²) in [7, 11) is 0. The molecule has 0 spiro atoms. The first-order chi connectivity index (χ1) is 13.8. The van der Waals surface area contributed by atoms with Gasteiger partial charge in [-0.3, -0.25) is 9.78 Å². The second kappa shape index (κ2) is 8.97. The topological polar surface area (TPSA) is 49.3 Å². The number of anilines is 1. The van der Waals surface area contributed by atoms with Gasteiger partial charge in [-0.25, -0.2) is 4.98 Å². The zero-order valence-corrected chi connectivity index (χ0v) is 16.6. The average Bonchev–Trinajstić information content (AvgIpc) is 3.21. The third kappa shape index (κ3) is 4.75. The van der Waals surface area contributed by atoms with Crippen LogP contribution in [0.15, 0.2) is 60.2 Å². The molecule has 5 nitrogen and oxygen atoms in total. The minimum atomic E-state index is 0.179. The van der Waals surface area contributed by atoms with Gasteiger partial charge in [0.2, 0.25) is 5.91 Å². The Morgan fingerprint density at radius 2 is 1.71 bits per heavy atom. The van der Waals surface area contributed by atoms with Gasteiger partial charge in [-0.15, -0.1) is 11.3 Å². The molecule has 1 aliphatic rings. The van der Waals surface area contributed by atoms with Crippen molar-refractivity contribution < 1.29 is 4.79 Å². The van der Waals surface area contributed by atoms with E-state index in [1.165, 1.54) is 11.3 Å². The minimum absolute atomic E-state index is 0.179. The maximum atomic E-state index is 12.7. The smallest absolute Gasteiger partial charge is 0.228 e. The van der Waals surface area contributed by atoms with Crippen LogP contribution in [0.25, 0.3) is 0 Å². The van der Waals surface area contributed by atoms with Crippen LogP contribution >= 0.6 is 11.3 Å². The van der Waals surface area contributed by atoms with Gasteiger partial charge in [-0.2, -0.15) is 0 Å². The van der Waals surface area contributed by atoms with E-state index in [1.54, 1.807) is 11.3 Å². The fraction of sp³-hybridized carbons (Fsp3) is 0.318. The molecule has 1 saturated heterocycles. The highest BCUT2D eigenvalue weighted by molar-refractivity contribution is 7.09. The third-order valence-corrected chi connectivity index (χ3v) is 6.02. The molecule has 3 heterocycles. The van der Waals surface area contributed by atoms with Gasteiger partial charge in [0, 0.05) is 56.1 Å². The van der Waals surface area contributed by atoms with Gasteiger partial charge in [-0.05, 0) is 36.2 Å². The molecule has 1 amide bonds. The highest BCUT2D eigenvalue weighted by atomic mass is 32.1. The van der Waals surface area contributed by atoms with Gasteiger partial charge >= 0.3 is 0 Å². The number of hydrogen-bond acceptors (Lipinski definition) is 5. The van der Waals surface area contributed by atoms with Gasteiger partial charge in [0.1, 0.15) is 0 Å². The Morgan fingerprint density at radius 1 is 0.964 bits per heavy atom. The molecular weight excluding hydrogens is 368 g/mol. The molecule has 144 valence electrons. The Labute approximate surface area is 169 Å². The number of carbonyl (C=O) groups is 1. The first-order valence-electron chi connectivity index (χ1n) is 9.68. The van der Waals surface area contributed by atoms with Crippen molar-refractivity contribution >= 4 is 22.9 Å². The van der Waals surface area contributed by atoms with Crippen LogP contribution in [0, 0.1) is 0 Å². The Hall–Kier alpha value is -2.73. The highest BCUT2D eigenvalue weighted by Gasteiger charge is 2.22. The van der Waals surface area contributed by atoms with Crippen molar-refractivity contribution in [3.05, 3.63) is 76.5 Å². The number of aryl methyl sites for hydroxylation is 2. The first-order valence-corrected chi connectivity index (χ1v) is 10.6. The molecule has 2 aromatic heterocycles. The van der Waals surface area contributed by atoms with Gasteiger partial charge in [-0.1, -0.05) is 18.2 Å². The summed E-state index contributed by atoms with van der Waals surface area (Å²) >= 11 is 1.65. The second-order valence-corrected chi connectivity index (χ2v) is 7.91. The lowest BCUT2D eigenvalue weighted by Crippen LogP contribution is -2.49. The summed E-state index contributed by atoms with van der Waals surface area (Å²) in [5.41, 5.74) is 3.39. The monoisotopic (exact) mass is 392 g/mol. The normalized spacial score (nSPS) is 14.3.